The van der Waals surface area contributed by atoms with Crippen molar-refractivity contribution < 1.29 is 19.4 Å². The maximum Gasteiger partial charge on any atom is 0.253 e. The zero-order chi connectivity index (χ0) is 17.4. The molecule has 25 heavy (non-hydrogen) atoms. The number of amides is 1. The van der Waals surface area contributed by atoms with Crippen LogP contribution in [0.25, 0.3) is 0 Å². The highest BCUT2D eigenvalue weighted by molar-refractivity contribution is 5.94. The van der Waals surface area contributed by atoms with E-state index in [1.54, 1.807) is 4.90 Å². The molecule has 5 nitrogen and oxygen atoms in total. The van der Waals surface area contributed by atoms with Gasteiger partial charge in [-0.3, -0.25) is 4.79 Å². The smallest absolute Gasteiger partial charge is 0.253 e. The number of β-amino-alcohol motifs (C(OH)–C–C–N with tert-alkyl or cyclic N) is 1. The second-order valence-corrected chi connectivity index (χ2v) is 6.69. The van der Waals surface area contributed by atoms with E-state index in [-0.39, 0.29) is 18.6 Å². The summed E-state index contributed by atoms with van der Waals surface area (Å²) in [7, 11) is 0. The van der Waals surface area contributed by atoms with E-state index in [9.17, 15) is 9.90 Å². The van der Waals surface area contributed by atoms with Gasteiger partial charge in [-0.15, -0.1) is 0 Å². The van der Waals surface area contributed by atoms with Crippen LogP contribution in [0.1, 0.15) is 33.8 Å². The van der Waals surface area contributed by atoms with Gasteiger partial charge in [0.15, 0.2) is 11.5 Å². The van der Waals surface area contributed by atoms with Crippen LogP contribution in [0, 0.1) is 6.92 Å². The third-order valence-electron chi connectivity index (χ3n) is 4.99. The molecule has 1 N–H and O–H groups in total. The van der Waals surface area contributed by atoms with E-state index in [1.165, 1.54) is 0 Å². The summed E-state index contributed by atoms with van der Waals surface area (Å²) >= 11 is 0. The normalized spacial score (nSPS) is 22.1. The maximum absolute atomic E-state index is 12.6. The first-order valence-electron chi connectivity index (χ1n) is 8.55. The Hall–Kier alpha value is -2.53. The number of hydrogen-bond acceptors (Lipinski definition) is 4. The molecule has 2 aliphatic heterocycles. The zero-order valence-electron chi connectivity index (χ0n) is 14.1. The molecule has 2 aromatic carbocycles. The molecule has 1 amide bonds. The number of aliphatic hydroxyl groups is 1. The van der Waals surface area contributed by atoms with Crippen LogP contribution in [0.5, 0.6) is 11.5 Å². The Morgan fingerprint density at radius 3 is 2.64 bits per heavy atom. The molecule has 0 aromatic heterocycles. The number of carbonyl (C=O) groups is 1. The highest BCUT2D eigenvalue weighted by Crippen LogP contribution is 2.37. The number of ether oxygens (including phenoxy) is 2. The number of carbonyl (C=O) groups excluding carboxylic acids is 1. The van der Waals surface area contributed by atoms with Crippen molar-refractivity contribution in [2.45, 2.75) is 25.4 Å². The minimum atomic E-state index is -0.594. The minimum Gasteiger partial charge on any atom is -0.454 e. The predicted molar refractivity (Wildman–Crippen MR) is 93.0 cm³/mol. The van der Waals surface area contributed by atoms with E-state index < -0.39 is 6.10 Å². The Morgan fingerprint density at radius 2 is 1.88 bits per heavy atom. The molecule has 0 saturated carbocycles. The molecular weight excluding hydrogens is 318 g/mol. The molecule has 0 aliphatic carbocycles. The lowest BCUT2D eigenvalue weighted by Gasteiger charge is -2.36. The molecule has 0 spiro atoms. The van der Waals surface area contributed by atoms with Crippen LogP contribution in [-0.4, -0.2) is 41.9 Å². The molecule has 2 aromatic rings. The lowest BCUT2D eigenvalue weighted by atomic mass is 9.86. The number of hydrogen-bond donors (Lipinski definition) is 1. The number of benzene rings is 2. The van der Waals surface area contributed by atoms with Crippen LogP contribution in [0.2, 0.25) is 0 Å². The van der Waals surface area contributed by atoms with Gasteiger partial charge in [0.05, 0.1) is 6.10 Å². The first-order chi connectivity index (χ1) is 12.1. The standard InChI is InChI=1S/C20H21NO4/c1-13-2-4-14(5-3-13)20(23)21-9-8-16(17(22)11-21)15-6-7-18-19(10-15)25-12-24-18/h2-7,10,16-17,22H,8-9,11-12H2,1H3/t16-,17+/m0/s1. The number of likely N-dealkylation sites (tertiary alicyclic amines) is 1. The number of fused-ring (bicyclic) bond motifs is 1. The van der Waals surface area contributed by atoms with Crippen molar-refractivity contribution in [3.05, 3.63) is 59.2 Å². The van der Waals surface area contributed by atoms with Gasteiger partial charge in [0.2, 0.25) is 6.79 Å². The summed E-state index contributed by atoms with van der Waals surface area (Å²) in [6.07, 6.45) is 0.127. The molecule has 2 atom stereocenters. The summed E-state index contributed by atoms with van der Waals surface area (Å²) in [5, 5.41) is 10.6. The summed E-state index contributed by atoms with van der Waals surface area (Å²) in [5.41, 5.74) is 2.82. The third kappa shape index (κ3) is 3.07. The highest BCUT2D eigenvalue weighted by Gasteiger charge is 2.32. The van der Waals surface area contributed by atoms with Crippen molar-refractivity contribution >= 4 is 5.91 Å². The quantitative estimate of drug-likeness (QED) is 0.914. The molecule has 2 heterocycles. The third-order valence-corrected chi connectivity index (χ3v) is 4.99. The summed E-state index contributed by atoms with van der Waals surface area (Å²) in [5.74, 6) is 1.44. The Morgan fingerprint density at radius 1 is 1.12 bits per heavy atom. The molecule has 1 saturated heterocycles. The molecule has 0 bridgehead atoms. The van der Waals surface area contributed by atoms with E-state index >= 15 is 0 Å². The molecule has 5 heteroatoms. The fourth-order valence-electron chi connectivity index (χ4n) is 3.53. The van der Waals surface area contributed by atoms with E-state index in [1.807, 2.05) is 49.4 Å². The Bertz CT molecular complexity index is 787. The van der Waals surface area contributed by atoms with Gasteiger partial charge >= 0.3 is 0 Å². The van der Waals surface area contributed by atoms with Crippen molar-refractivity contribution in [1.29, 1.82) is 0 Å². The average Bonchev–Trinajstić information content (AvgIpc) is 3.09. The van der Waals surface area contributed by atoms with Gasteiger partial charge in [0.1, 0.15) is 0 Å². The van der Waals surface area contributed by atoms with E-state index in [0.717, 1.165) is 29.0 Å². The van der Waals surface area contributed by atoms with Gasteiger partial charge in [-0.25, -0.2) is 0 Å². The van der Waals surface area contributed by atoms with E-state index in [2.05, 4.69) is 0 Å². The summed E-state index contributed by atoms with van der Waals surface area (Å²) in [4.78, 5) is 14.4. The van der Waals surface area contributed by atoms with Gasteiger partial charge in [0.25, 0.3) is 5.91 Å². The van der Waals surface area contributed by atoms with Crippen LogP contribution in [0.4, 0.5) is 0 Å². The fourth-order valence-corrected chi connectivity index (χ4v) is 3.53. The Labute approximate surface area is 146 Å². The van der Waals surface area contributed by atoms with Crippen LogP contribution in [0.15, 0.2) is 42.5 Å². The van der Waals surface area contributed by atoms with E-state index in [4.69, 9.17) is 9.47 Å². The van der Waals surface area contributed by atoms with Crippen LogP contribution >= 0.6 is 0 Å². The average molecular weight is 339 g/mol. The largest absolute Gasteiger partial charge is 0.454 e. The number of aliphatic hydroxyl groups excluding tert-OH is 1. The van der Waals surface area contributed by atoms with Crippen molar-refractivity contribution in [2.75, 3.05) is 19.9 Å². The Kier molecular flexibility index (Phi) is 4.09. The first kappa shape index (κ1) is 16.0. The lowest BCUT2D eigenvalue weighted by Crippen LogP contribution is -2.45. The lowest BCUT2D eigenvalue weighted by molar-refractivity contribution is 0.0381. The minimum absolute atomic E-state index is 0.00318. The molecule has 1 fully saturated rings. The summed E-state index contributed by atoms with van der Waals surface area (Å²) < 4.78 is 10.8. The topological polar surface area (TPSA) is 59.0 Å². The number of piperidine rings is 1. The molecule has 130 valence electrons. The van der Waals surface area contributed by atoms with Gasteiger partial charge < -0.3 is 19.5 Å². The van der Waals surface area contributed by atoms with E-state index in [0.29, 0.717) is 18.7 Å². The van der Waals surface area contributed by atoms with Crippen molar-refractivity contribution in [1.82, 2.24) is 4.90 Å². The summed E-state index contributed by atoms with van der Waals surface area (Å²) in [6.45, 7) is 3.20. The number of aryl methyl sites for hydroxylation is 1. The molecule has 4 rings (SSSR count). The van der Waals surface area contributed by atoms with Crippen LogP contribution < -0.4 is 9.47 Å². The number of rotatable bonds is 2. The van der Waals surface area contributed by atoms with Gasteiger partial charge in [-0.2, -0.15) is 0 Å². The SMILES string of the molecule is Cc1ccc(C(=O)N2CC[C@@H](c3ccc4c(c3)OCO4)[C@H](O)C2)cc1. The van der Waals surface area contributed by atoms with Gasteiger partial charge in [0, 0.05) is 24.6 Å². The predicted octanol–water partition coefficient (Wildman–Crippen LogP) is 2.71. The molecule has 0 unspecified atom stereocenters. The molecule has 0 radical (unpaired) electrons. The fraction of sp³-hybridized carbons (Fsp3) is 0.350. The van der Waals surface area contributed by atoms with Crippen LogP contribution in [0.3, 0.4) is 0 Å². The van der Waals surface area contributed by atoms with Gasteiger partial charge in [-0.05, 0) is 43.2 Å². The monoisotopic (exact) mass is 339 g/mol. The highest BCUT2D eigenvalue weighted by atomic mass is 16.7. The van der Waals surface area contributed by atoms with Crippen molar-refractivity contribution in [3.63, 3.8) is 0 Å². The van der Waals surface area contributed by atoms with Crippen molar-refractivity contribution in [3.8, 4) is 11.5 Å². The summed E-state index contributed by atoms with van der Waals surface area (Å²) in [6, 6.07) is 13.3. The van der Waals surface area contributed by atoms with Gasteiger partial charge in [-0.1, -0.05) is 23.8 Å². The van der Waals surface area contributed by atoms with Crippen molar-refractivity contribution in [2.24, 2.45) is 0 Å². The second kappa shape index (κ2) is 6.41. The second-order valence-electron chi connectivity index (χ2n) is 6.69. The van der Waals surface area contributed by atoms with Crippen LogP contribution in [-0.2, 0) is 0 Å². The maximum atomic E-state index is 12.6. The Balaban J connectivity index is 1.47. The first-order valence-corrected chi connectivity index (χ1v) is 8.55. The molecule has 2 aliphatic rings. The number of nitrogens with zero attached hydrogens (tertiary/aromatic N) is 1. The zero-order valence-corrected chi connectivity index (χ0v) is 14.1. The molecular formula is C20H21NO4.